The molecule has 0 heterocycles. The molecule has 2 N–H and O–H groups in total. The van der Waals surface area contributed by atoms with Crippen LogP contribution in [-0.4, -0.2) is 122 Å². The van der Waals surface area contributed by atoms with Gasteiger partial charge in [0.25, 0.3) is 0 Å². The van der Waals surface area contributed by atoms with Crippen LogP contribution in [0.4, 0.5) is 0 Å². The first kappa shape index (κ1) is 65.2. The summed E-state index contributed by atoms with van der Waals surface area (Å²) in [6.07, 6.45) is 40.5. The number of allylic oxidation sites excluding steroid dienone is 4. The second-order valence-electron chi connectivity index (χ2n) is 19.0. The third kappa shape index (κ3) is 49.8. The SMILES string of the molecule is CCCCCCCC=CCCCCCCCCC(=O)OC(C)C[N+](C)(CCN(CC(C)O)CC(C)OC(=O)CCCCCCCC=CCCCCCCCC)CC(C)O.COS(=O)(=O)[O-]. The van der Waals surface area contributed by atoms with Crippen molar-refractivity contribution in [3.63, 3.8) is 0 Å². The summed E-state index contributed by atoms with van der Waals surface area (Å²) in [6, 6.07) is 0. The first-order chi connectivity index (χ1) is 31.0. The summed E-state index contributed by atoms with van der Waals surface area (Å²) in [6.45, 7) is 15.4. The van der Waals surface area contributed by atoms with Crippen molar-refractivity contribution in [2.24, 2.45) is 0 Å². The van der Waals surface area contributed by atoms with E-state index in [-0.39, 0.29) is 24.1 Å². The van der Waals surface area contributed by atoms with Gasteiger partial charge in [-0.2, -0.15) is 0 Å². The Morgan fingerprint density at radius 3 is 1.28 bits per heavy atom. The Kier molecular flexibility index (Phi) is 44.8. The number of aliphatic hydroxyl groups is 2. The summed E-state index contributed by atoms with van der Waals surface area (Å²) in [5, 5.41) is 20.7. The molecule has 0 aromatic carbocycles. The van der Waals surface area contributed by atoms with Gasteiger partial charge in [0.15, 0.2) is 0 Å². The number of unbranched alkanes of at least 4 members (excludes halogenated alkanes) is 22. The van der Waals surface area contributed by atoms with E-state index < -0.39 is 22.6 Å². The smallest absolute Gasteiger partial charge is 0.306 e. The maximum absolute atomic E-state index is 12.7. The van der Waals surface area contributed by atoms with Crippen LogP contribution in [0, 0.1) is 0 Å². The van der Waals surface area contributed by atoms with Crippen LogP contribution in [0.2, 0.25) is 0 Å². The van der Waals surface area contributed by atoms with E-state index in [2.05, 4.69) is 54.3 Å². The number of aliphatic hydroxyl groups excluding tert-OH is 2. The Balaban J connectivity index is 0. The predicted octanol–water partition coefficient (Wildman–Crippen LogP) is 11.5. The number of esters is 2. The number of ether oxygens (including phenoxy) is 2. The zero-order valence-electron chi connectivity index (χ0n) is 43.1. The molecule has 386 valence electrons. The van der Waals surface area contributed by atoms with Gasteiger partial charge >= 0.3 is 11.9 Å². The molecule has 5 atom stereocenters. The number of rotatable bonds is 44. The molecule has 0 amide bonds. The highest BCUT2D eigenvalue weighted by atomic mass is 32.3. The minimum Gasteiger partial charge on any atom is -0.726 e. The second kappa shape index (κ2) is 44.6. The molecule has 12 nitrogen and oxygen atoms in total. The Morgan fingerprint density at radius 2 is 0.923 bits per heavy atom. The van der Waals surface area contributed by atoms with Gasteiger partial charge < -0.3 is 28.7 Å². The van der Waals surface area contributed by atoms with Gasteiger partial charge in [-0.15, -0.1) is 0 Å². The summed E-state index contributed by atoms with van der Waals surface area (Å²) in [5.74, 6) is -0.298. The molecule has 0 radical (unpaired) electrons. The van der Waals surface area contributed by atoms with E-state index in [9.17, 15) is 32.8 Å². The monoisotopic (exact) mass is 947 g/mol. The highest BCUT2D eigenvalue weighted by molar-refractivity contribution is 7.80. The van der Waals surface area contributed by atoms with Crippen molar-refractivity contribution in [1.82, 2.24) is 4.90 Å². The van der Waals surface area contributed by atoms with E-state index in [1.165, 1.54) is 122 Å². The average molecular weight is 947 g/mol. The van der Waals surface area contributed by atoms with Gasteiger partial charge in [0.05, 0.1) is 26.8 Å². The Bertz CT molecular complexity index is 1260. The van der Waals surface area contributed by atoms with Gasteiger partial charge in [-0.05, 0) is 91.9 Å². The number of carbonyl (C=O) groups excluding carboxylic acids is 2. The molecule has 65 heavy (non-hydrogen) atoms. The summed E-state index contributed by atoms with van der Waals surface area (Å²) >= 11 is 0. The van der Waals surface area contributed by atoms with Crippen molar-refractivity contribution in [1.29, 1.82) is 0 Å². The first-order valence-corrected chi connectivity index (χ1v) is 27.4. The van der Waals surface area contributed by atoms with Crippen LogP contribution in [0.15, 0.2) is 24.3 Å². The normalized spacial score (nSPS) is 14.8. The fourth-order valence-corrected chi connectivity index (χ4v) is 8.21. The lowest BCUT2D eigenvalue weighted by molar-refractivity contribution is -0.914. The minimum absolute atomic E-state index is 0.144. The molecule has 0 fully saturated rings. The Morgan fingerprint density at radius 1 is 0.569 bits per heavy atom. The molecule has 0 aliphatic rings. The molecule has 0 aliphatic carbocycles. The molecule has 0 aromatic heterocycles. The van der Waals surface area contributed by atoms with Gasteiger partial charge in [0, 0.05) is 32.5 Å². The van der Waals surface area contributed by atoms with Gasteiger partial charge in [-0.3, -0.25) is 18.7 Å². The number of likely N-dealkylation sites (N-methyl/N-ethyl adjacent to an activating group) is 1. The van der Waals surface area contributed by atoms with E-state index >= 15 is 0 Å². The van der Waals surface area contributed by atoms with E-state index in [1.807, 2.05) is 13.8 Å². The molecule has 0 saturated carbocycles. The summed E-state index contributed by atoms with van der Waals surface area (Å²) in [5.41, 5.74) is 0. The minimum atomic E-state index is -4.41. The number of hydrogen-bond acceptors (Lipinski definition) is 11. The van der Waals surface area contributed by atoms with E-state index in [4.69, 9.17) is 9.47 Å². The maximum atomic E-state index is 12.7. The van der Waals surface area contributed by atoms with Crippen molar-refractivity contribution in [2.45, 2.75) is 246 Å². The van der Waals surface area contributed by atoms with Crippen LogP contribution in [0.1, 0.15) is 221 Å². The molecule has 0 aliphatic heterocycles. The molecule has 13 heteroatoms. The topological polar surface area (TPSA) is 163 Å². The highest BCUT2D eigenvalue weighted by Crippen LogP contribution is 2.15. The lowest BCUT2D eigenvalue weighted by Gasteiger charge is -2.39. The van der Waals surface area contributed by atoms with E-state index in [0.29, 0.717) is 56.6 Å². The molecule has 0 bridgehead atoms. The van der Waals surface area contributed by atoms with Crippen molar-refractivity contribution in [2.75, 3.05) is 53.4 Å². The number of hydrogen-bond donors (Lipinski definition) is 2. The van der Waals surface area contributed by atoms with Crippen molar-refractivity contribution in [3.05, 3.63) is 24.3 Å². The van der Waals surface area contributed by atoms with Crippen LogP contribution < -0.4 is 0 Å². The second-order valence-corrected chi connectivity index (χ2v) is 20.2. The average Bonchev–Trinajstić information content (AvgIpc) is 3.22. The lowest BCUT2D eigenvalue weighted by atomic mass is 10.1. The summed E-state index contributed by atoms with van der Waals surface area (Å²) in [4.78, 5) is 27.5. The van der Waals surface area contributed by atoms with Crippen LogP contribution in [0.5, 0.6) is 0 Å². The van der Waals surface area contributed by atoms with E-state index in [1.54, 1.807) is 13.8 Å². The third-order valence-corrected chi connectivity index (χ3v) is 12.0. The molecule has 0 aromatic rings. The Labute approximate surface area is 400 Å². The molecule has 5 unspecified atom stereocenters. The van der Waals surface area contributed by atoms with Crippen LogP contribution in [-0.2, 0) is 33.6 Å². The molecule has 0 rings (SSSR count). The zero-order valence-corrected chi connectivity index (χ0v) is 43.9. The Hall–Kier alpha value is -1.87. The number of carbonyl (C=O) groups is 2. The summed E-state index contributed by atoms with van der Waals surface area (Å²) in [7, 11) is -1.51. The summed E-state index contributed by atoms with van der Waals surface area (Å²) < 4.78 is 43.2. The maximum Gasteiger partial charge on any atom is 0.306 e. The third-order valence-electron chi connectivity index (χ3n) is 11.6. The van der Waals surface area contributed by atoms with Gasteiger partial charge in [-0.25, -0.2) is 8.42 Å². The lowest BCUT2D eigenvalue weighted by Crippen LogP contribution is -2.56. The van der Waals surface area contributed by atoms with Crippen molar-refractivity contribution in [3.8, 4) is 0 Å². The predicted molar refractivity (Wildman–Crippen MR) is 267 cm³/mol. The zero-order chi connectivity index (χ0) is 49.0. The quantitative estimate of drug-likeness (QED) is 0.0149. The standard InChI is InChI=1S/C51H99N2O6.CH4O4S/c1-8-10-12-14-16-18-20-22-24-26-28-30-32-34-36-38-50(56)58-48(5)43-52(42-46(3)54)40-41-53(7,44-47(4)55)45-49(6)59-51(57)39-37-35-33-31-29-27-25-23-21-19-17-15-13-11-9-2;1-5-6(2,3)4/h21-24,46-49,54-55H,8-20,25-45H2,1-7H3;1H3,(H,2,3,4)/q+1;/p-1. The number of quaternary nitrogens is 1. The highest BCUT2D eigenvalue weighted by Gasteiger charge is 2.29. The molecular formula is C52H102N2O10S. The van der Waals surface area contributed by atoms with Gasteiger partial charge in [-0.1, -0.05) is 141 Å². The van der Waals surface area contributed by atoms with Crippen molar-refractivity contribution >= 4 is 22.3 Å². The molecule has 0 saturated heterocycles. The van der Waals surface area contributed by atoms with Gasteiger partial charge in [0.1, 0.15) is 31.4 Å². The fraction of sp³-hybridized carbons (Fsp3) is 0.885. The number of nitrogens with zero attached hydrogens (tertiary/aromatic N) is 2. The molecule has 0 spiro atoms. The largest absolute Gasteiger partial charge is 0.726 e. The van der Waals surface area contributed by atoms with Crippen LogP contribution in [0.25, 0.3) is 0 Å². The first-order valence-electron chi connectivity index (χ1n) is 26.1. The van der Waals surface area contributed by atoms with E-state index in [0.717, 1.165) is 52.1 Å². The van der Waals surface area contributed by atoms with Crippen LogP contribution in [0.3, 0.4) is 0 Å². The van der Waals surface area contributed by atoms with Crippen LogP contribution >= 0.6 is 0 Å². The molecular weight excluding hydrogens is 845 g/mol. The van der Waals surface area contributed by atoms with Crippen molar-refractivity contribution < 1.29 is 50.9 Å². The van der Waals surface area contributed by atoms with Gasteiger partial charge in [0.2, 0.25) is 10.4 Å². The fourth-order valence-electron chi connectivity index (χ4n) is 8.21.